The Morgan fingerprint density at radius 2 is 2.07 bits per heavy atom. The molecule has 0 amide bonds. The summed E-state index contributed by atoms with van der Waals surface area (Å²) in [5.74, 6) is 0.0758. The van der Waals surface area contributed by atoms with E-state index in [1.807, 2.05) is 11.5 Å². The number of halogens is 1. The Hall–Kier alpha value is -3.62. The molecule has 27 heavy (non-hydrogen) atoms. The molecule has 0 radical (unpaired) electrons. The van der Waals surface area contributed by atoms with Gasteiger partial charge in [0.2, 0.25) is 0 Å². The number of rotatable bonds is 4. The number of aromatic nitrogens is 4. The first-order valence-electron chi connectivity index (χ1n) is 8.27. The average Bonchev–Trinajstić information content (AvgIpc) is 3.02. The van der Waals surface area contributed by atoms with E-state index in [0.29, 0.717) is 23.4 Å². The lowest BCUT2D eigenvalue weighted by molar-refractivity contribution is -0.384. The van der Waals surface area contributed by atoms with Crippen LogP contribution < -0.4 is 5.56 Å². The normalized spacial score (nSPS) is 11.3. The van der Waals surface area contributed by atoms with Gasteiger partial charge in [0.15, 0.2) is 5.82 Å². The molecule has 2 aromatic heterocycles. The Labute approximate surface area is 151 Å². The Kier molecular flexibility index (Phi) is 3.91. The van der Waals surface area contributed by atoms with Gasteiger partial charge < -0.3 is 4.57 Å². The largest absolute Gasteiger partial charge is 0.327 e. The second kappa shape index (κ2) is 6.27. The van der Waals surface area contributed by atoms with Crippen LogP contribution in [-0.4, -0.2) is 24.0 Å². The zero-order valence-corrected chi connectivity index (χ0v) is 14.3. The molecular formula is C18H14FN5O3. The smallest absolute Gasteiger partial charge is 0.270 e. The van der Waals surface area contributed by atoms with Gasteiger partial charge in [0, 0.05) is 18.7 Å². The number of aryl methyl sites for hydroxylation is 1. The highest BCUT2D eigenvalue weighted by atomic mass is 19.1. The van der Waals surface area contributed by atoms with E-state index < -0.39 is 16.3 Å². The quantitative estimate of drug-likeness (QED) is 0.408. The predicted octanol–water partition coefficient (Wildman–Crippen LogP) is 2.86. The van der Waals surface area contributed by atoms with E-state index in [1.54, 1.807) is 12.1 Å². The lowest BCUT2D eigenvalue weighted by Crippen LogP contribution is -2.23. The van der Waals surface area contributed by atoms with Gasteiger partial charge in [-0.3, -0.25) is 19.5 Å². The number of imidazole rings is 1. The van der Waals surface area contributed by atoms with E-state index in [1.165, 1.54) is 35.2 Å². The number of non-ortho nitro benzene ring substituents is 1. The van der Waals surface area contributed by atoms with Crippen molar-refractivity contribution in [2.45, 2.75) is 20.0 Å². The van der Waals surface area contributed by atoms with Crippen LogP contribution in [0.2, 0.25) is 0 Å². The maximum atomic E-state index is 14.0. The van der Waals surface area contributed by atoms with Crippen LogP contribution in [0.4, 0.5) is 10.1 Å². The molecule has 0 aliphatic heterocycles. The van der Waals surface area contributed by atoms with Crippen LogP contribution in [0.3, 0.4) is 0 Å². The molecule has 8 nitrogen and oxygen atoms in total. The van der Waals surface area contributed by atoms with Crippen molar-refractivity contribution < 1.29 is 9.31 Å². The molecule has 9 heteroatoms. The molecule has 0 atom stereocenters. The second-order valence-electron chi connectivity index (χ2n) is 6.02. The summed E-state index contributed by atoms with van der Waals surface area (Å²) in [4.78, 5) is 31.7. The van der Waals surface area contributed by atoms with Gasteiger partial charge in [-0.25, -0.2) is 14.4 Å². The van der Waals surface area contributed by atoms with Gasteiger partial charge in [-0.15, -0.1) is 0 Å². The van der Waals surface area contributed by atoms with Gasteiger partial charge in [0.25, 0.3) is 11.2 Å². The maximum Gasteiger partial charge on any atom is 0.270 e. The zero-order valence-electron chi connectivity index (χ0n) is 14.3. The van der Waals surface area contributed by atoms with Crippen LogP contribution >= 0.6 is 0 Å². The molecule has 0 unspecified atom stereocenters. The Balaban J connectivity index is 1.85. The highest BCUT2D eigenvalue weighted by Gasteiger charge is 2.15. The van der Waals surface area contributed by atoms with E-state index in [-0.39, 0.29) is 23.1 Å². The fourth-order valence-corrected chi connectivity index (χ4v) is 3.16. The second-order valence-corrected chi connectivity index (χ2v) is 6.02. The van der Waals surface area contributed by atoms with Crippen LogP contribution in [0.15, 0.2) is 47.5 Å². The minimum atomic E-state index is -0.560. The first kappa shape index (κ1) is 16.8. The van der Waals surface area contributed by atoms with E-state index in [9.17, 15) is 19.3 Å². The molecule has 4 rings (SSSR count). The first-order valence-corrected chi connectivity index (χ1v) is 8.27. The number of benzene rings is 2. The zero-order chi connectivity index (χ0) is 19.1. The molecule has 0 saturated carbocycles. The molecule has 0 aliphatic carbocycles. The molecule has 0 aliphatic rings. The molecule has 2 aromatic carbocycles. The minimum Gasteiger partial charge on any atom is -0.327 e. The Morgan fingerprint density at radius 3 is 2.81 bits per heavy atom. The molecule has 2 heterocycles. The van der Waals surface area contributed by atoms with Gasteiger partial charge in [-0.05, 0) is 25.1 Å². The van der Waals surface area contributed by atoms with E-state index in [2.05, 4.69) is 9.97 Å². The monoisotopic (exact) mass is 367 g/mol. The van der Waals surface area contributed by atoms with Crippen LogP contribution in [0, 0.1) is 15.9 Å². The fourth-order valence-electron chi connectivity index (χ4n) is 3.16. The molecule has 136 valence electrons. The first-order chi connectivity index (χ1) is 13.0. The highest BCUT2D eigenvalue weighted by molar-refractivity contribution is 5.80. The molecule has 0 N–H and O–H groups in total. The van der Waals surface area contributed by atoms with Crippen LogP contribution in [0.5, 0.6) is 0 Å². The van der Waals surface area contributed by atoms with Gasteiger partial charge in [0.05, 0.1) is 34.2 Å². The number of nitrogens with zero attached hydrogens (tertiary/aromatic N) is 5. The number of fused-ring (bicyclic) bond motifs is 2. The summed E-state index contributed by atoms with van der Waals surface area (Å²) >= 11 is 0. The minimum absolute atomic E-state index is 0.0758. The van der Waals surface area contributed by atoms with Crippen molar-refractivity contribution in [2.75, 3.05) is 0 Å². The van der Waals surface area contributed by atoms with Crippen LogP contribution in [0.25, 0.3) is 21.9 Å². The van der Waals surface area contributed by atoms with E-state index >= 15 is 0 Å². The predicted molar refractivity (Wildman–Crippen MR) is 97.1 cm³/mol. The molecule has 0 spiro atoms. The highest BCUT2D eigenvalue weighted by Crippen LogP contribution is 2.20. The van der Waals surface area contributed by atoms with Crippen molar-refractivity contribution in [3.05, 3.63) is 74.8 Å². The standard InChI is InChI=1S/C18H14FN5O3/c1-2-23-15-5-3-4-13(19)17(15)21-16(23)9-22-10-20-14-7-6-11(24(26)27)8-12(14)18(22)25/h3-8,10H,2,9H2,1H3. The molecular weight excluding hydrogens is 353 g/mol. The molecule has 0 fully saturated rings. The molecule has 0 bridgehead atoms. The van der Waals surface area contributed by atoms with Crippen LogP contribution in [0.1, 0.15) is 12.7 Å². The Morgan fingerprint density at radius 1 is 1.26 bits per heavy atom. The van der Waals surface area contributed by atoms with Crippen LogP contribution in [-0.2, 0) is 13.1 Å². The van der Waals surface area contributed by atoms with Crippen molar-refractivity contribution in [3.63, 3.8) is 0 Å². The maximum absolute atomic E-state index is 14.0. The van der Waals surface area contributed by atoms with E-state index in [0.717, 1.165) is 0 Å². The SMILES string of the molecule is CCn1c(Cn2cnc3ccc([N+](=O)[O-])cc3c2=O)nc2c(F)cccc21. The third-order valence-corrected chi connectivity index (χ3v) is 4.46. The fraction of sp³-hybridized carbons (Fsp3) is 0.167. The number of hydrogen-bond acceptors (Lipinski definition) is 5. The average molecular weight is 367 g/mol. The van der Waals surface area contributed by atoms with Crippen molar-refractivity contribution in [1.29, 1.82) is 0 Å². The lowest BCUT2D eigenvalue weighted by Gasteiger charge is -2.09. The number of nitro benzene ring substituents is 1. The number of hydrogen-bond donors (Lipinski definition) is 0. The third-order valence-electron chi connectivity index (χ3n) is 4.46. The number of nitro groups is 1. The summed E-state index contributed by atoms with van der Waals surface area (Å²) in [5.41, 5.74) is 0.662. The van der Waals surface area contributed by atoms with Crippen molar-refractivity contribution >= 4 is 27.6 Å². The van der Waals surface area contributed by atoms with Gasteiger partial charge in [0.1, 0.15) is 11.3 Å². The van der Waals surface area contributed by atoms with E-state index in [4.69, 9.17) is 0 Å². The van der Waals surface area contributed by atoms with Crippen molar-refractivity contribution in [3.8, 4) is 0 Å². The number of para-hydroxylation sites is 1. The summed E-state index contributed by atoms with van der Waals surface area (Å²) in [5, 5.41) is 11.1. The molecule has 0 saturated heterocycles. The van der Waals surface area contributed by atoms with Crippen molar-refractivity contribution in [1.82, 2.24) is 19.1 Å². The van der Waals surface area contributed by atoms with Crippen molar-refractivity contribution in [2.24, 2.45) is 0 Å². The summed E-state index contributed by atoms with van der Waals surface area (Å²) < 4.78 is 17.2. The summed E-state index contributed by atoms with van der Waals surface area (Å²) in [7, 11) is 0. The Bertz CT molecular complexity index is 1260. The molecule has 4 aromatic rings. The summed E-state index contributed by atoms with van der Waals surface area (Å²) in [6, 6.07) is 8.67. The van der Waals surface area contributed by atoms with Gasteiger partial charge in [-0.1, -0.05) is 6.07 Å². The summed E-state index contributed by atoms with van der Waals surface area (Å²) in [6.45, 7) is 2.53. The third kappa shape index (κ3) is 2.73. The van der Waals surface area contributed by atoms with Gasteiger partial charge >= 0.3 is 0 Å². The van der Waals surface area contributed by atoms with Gasteiger partial charge in [-0.2, -0.15) is 0 Å². The lowest BCUT2D eigenvalue weighted by atomic mass is 10.2. The summed E-state index contributed by atoms with van der Waals surface area (Å²) in [6.07, 6.45) is 1.37. The topological polar surface area (TPSA) is 95.9 Å².